The molecule has 6 rings (SSSR count). The van der Waals surface area contributed by atoms with Crippen LogP contribution in [0.5, 0.6) is 0 Å². The van der Waals surface area contributed by atoms with Gasteiger partial charge in [-0.05, 0) is 62.7 Å². The molecule has 5 fully saturated rings. The molecule has 22 heavy (non-hydrogen) atoms. The van der Waals surface area contributed by atoms with Crippen LogP contribution in [0.1, 0.15) is 44.9 Å². The first-order chi connectivity index (χ1) is 10.7. The molecule has 0 aromatic carbocycles. The largest absolute Gasteiger partial charge is 0.438 e. The van der Waals surface area contributed by atoms with Gasteiger partial charge in [0.25, 0.3) is 0 Å². The molecule has 2 heterocycles. The van der Waals surface area contributed by atoms with Crippen molar-refractivity contribution in [3.05, 3.63) is 12.2 Å². The highest BCUT2D eigenvalue weighted by atomic mass is 16.7. The van der Waals surface area contributed by atoms with Crippen LogP contribution < -0.4 is 0 Å². The molecule has 0 amide bonds. The van der Waals surface area contributed by atoms with Gasteiger partial charge in [-0.15, -0.1) is 0 Å². The third kappa shape index (κ3) is 2.15. The Hall–Kier alpha value is -0.870. The van der Waals surface area contributed by atoms with Crippen LogP contribution in [0.2, 0.25) is 0 Å². The monoisotopic (exact) mass is 304 g/mol. The van der Waals surface area contributed by atoms with E-state index >= 15 is 0 Å². The van der Waals surface area contributed by atoms with Crippen LogP contribution in [-0.4, -0.2) is 30.6 Å². The number of hydrogen-bond donors (Lipinski definition) is 0. The van der Waals surface area contributed by atoms with E-state index in [1.54, 1.807) is 0 Å². The van der Waals surface area contributed by atoms with Crippen molar-refractivity contribution in [2.75, 3.05) is 6.79 Å². The molecule has 6 bridgehead atoms. The molecule has 0 N–H and O–H groups in total. The summed E-state index contributed by atoms with van der Waals surface area (Å²) >= 11 is 0. The standard InChI is InChI=1S/C18H24O4/c19-17(15-6-14-1-2-16(15)22-14)20-10-21-18-7-11-3-12(8-18)5-13(4-11)9-18/h1-2,11-16H,3-10H2. The van der Waals surface area contributed by atoms with Gasteiger partial charge in [-0.1, -0.05) is 12.2 Å². The van der Waals surface area contributed by atoms with Crippen LogP contribution in [0.15, 0.2) is 12.2 Å². The first-order valence-electron chi connectivity index (χ1n) is 8.83. The van der Waals surface area contributed by atoms with Gasteiger partial charge < -0.3 is 14.2 Å². The Morgan fingerprint density at radius 3 is 2.27 bits per heavy atom. The molecule has 4 saturated carbocycles. The van der Waals surface area contributed by atoms with Gasteiger partial charge in [0.1, 0.15) is 0 Å². The lowest BCUT2D eigenvalue weighted by Gasteiger charge is -2.56. The van der Waals surface area contributed by atoms with Crippen molar-refractivity contribution in [2.24, 2.45) is 23.7 Å². The number of esters is 1. The zero-order chi connectivity index (χ0) is 14.7. The van der Waals surface area contributed by atoms with Gasteiger partial charge in [0.05, 0.1) is 23.7 Å². The summed E-state index contributed by atoms with van der Waals surface area (Å²) in [5, 5.41) is 0. The molecule has 0 aromatic heterocycles. The fourth-order valence-corrected chi connectivity index (χ4v) is 6.03. The Morgan fingerprint density at radius 1 is 1.05 bits per heavy atom. The zero-order valence-electron chi connectivity index (χ0n) is 12.9. The lowest BCUT2D eigenvalue weighted by Crippen LogP contribution is -2.52. The SMILES string of the molecule is O=C(OCOC12CC3CC(CC(C3)C1)C2)C1CC2C=CC1O2. The summed E-state index contributed by atoms with van der Waals surface area (Å²) < 4.78 is 17.2. The quantitative estimate of drug-likeness (QED) is 0.455. The van der Waals surface area contributed by atoms with Gasteiger partial charge in [0, 0.05) is 0 Å². The fourth-order valence-electron chi connectivity index (χ4n) is 6.03. The summed E-state index contributed by atoms with van der Waals surface area (Å²) in [4.78, 5) is 12.2. The molecular weight excluding hydrogens is 280 g/mol. The topological polar surface area (TPSA) is 44.8 Å². The molecule has 4 heteroatoms. The number of rotatable bonds is 4. The maximum absolute atomic E-state index is 12.2. The van der Waals surface area contributed by atoms with Gasteiger partial charge in [-0.2, -0.15) is 0 Å². The summed E-state index contributed by atoms with van der Waals surface area (Å²) in [6.45, 7) is 0.128. The molecule has 0 aromatic rings. The summed E-state index contributed by atoms with van der Waals surface area (Å²) in [7, 11) is 0. The average molecular weight is 304 g/mol. The van der Waals surface area contributed by atoms with E-state index in [4.69, 9.17) is 14.2 Å². The number of carbonyl (C=O) groups excluding carboxylic acids is 1. The molecule has 120 valence electrons. The molecule has 6 aliphatic rings. The fraction of sp³-hybridized carbons (Fsp3) is 0.833. The van der Waals surface area contributed by atoms with E-state index in [2.05, 4.69) is 0 Å². The predicted octanol–water partition coefficient (Wildman–Crippen LogP) is 2.82. The van der Waals surface area contributed by atoms with Crippen LogP contribution in [0.3, 0.4) is 0 Å². The zero-order valence-corrected chi connectivity index (χ0v) is 12.9. The molecule has 2 aliphatic heterocycles. The number of hydrogen-bond acceptors (Lipinski definition) is 4. The third-order valence-electron chi connectivity index (χ3n) is 6.58. The van der Waals surface area contributed by atoms with Crippen LogP contribution in [-0.2, 0) is 19.0 Å². The van der Waals surface area contributed by atoms with E-state index in [0.717, 1.165) is 24.2 Å². The molecule has 1 saturated heterocycles. The molecule has 3 unspecified atom stereocenters. The van der Waals surface area contributed by atoms with E-state index in [1.165, 1.54) is 38.5 Å². The van der Waals surface area contributed by atoms with Gasteiger partial charge >= 0.3 is 5.97 Å². The smallest absolute Gasteiger partial charge is 0.314 e. The second-order valence-electron chi connectivity index (χ2n) is 8.19. The minimum absolute atomic E-state index is 0.0140. The predicted molar refractivity (Wildman–Crippen MR) is 78.9 cm³/mol. The van der Waals surface area contributed by atoms with Crippen molar-refractivity contribution in [2.45, 2.75) is 62.8 Å². The maximum atomic E-state index is 12.2. The Bertz CT molecular complexity index is 476. The Labute approximate surface area is 131 Å². The van der Waals surface area contributed by atoms with Crippen molar-refractivity contribution in [3.63, 3.8) is 0 Å². The second-order valence-corrected chi connectivity index (χ2v) is 8.19. The minimum atomic E-state index is -0.151. The van der Waals surface area contributed by atoms with E-state index in [-0.39, 0.29) is 36.5 Å². The highest BCUT2D eigenvalue weighted by Gasteiger charge is 2.52. The van der Waals surface area contributed by atoms with E-state index in [0.29, 0.717) is 0 Å². The van der Waals surface area contributed by atoms with Gasteiger partial charge in [-0.25, -0.2) is 0 Å². The van der Waals surface area contributed by atoms with Crippen LogP contribution in [0, 0.1) is 23.7 Å². The van der Waals surface area contributed by atoms with Crippen molar-refractivity contribution >= 4 is 5.97 Å². The van der Waals surface area contributed by atoms with Gasteiger partial charge in [-0.3, -0.25) is 4.79 Å². The molecule has 0 radical (unpaired) electrons. The Kier molecular flexibility index (Phi) is 2.97. The summed E-state index contributed by atoms with van der Waals surface area (Å²) in [6, 6.07) is 0. The Morgan fingerprint density at radius 2 is 1.73 bits per heavy atom. The number of fused-ring (bicyclic) bond motifs is 2. The first kappa shape index (κ1) is 13.6. The van der Waals surface area contributed by atoms with E-state index in [9.17, 15) is 4.79 Å². The number of carbonyl (C=O) groups is 1. The summed E-state index contributed by atoms with van der Waals surface area (Å²) in [5.41, 5.74) is 0.0140. The summed E-state index contributed by atoms with van der Waals surface area (Å²) in [6.07, 6.45) is 12.6. The van der Waals surface area contributed by atoms with Crippen molar-refractivity contribution in [1.82, 2.24) is 0 Å². The Balaban J connectivity index is 1.16. The van der Waals surface area contributed by atoms with Crippen LogP contribution in [0.25, 0.3) is 0 Å². The molecule has 4 aliphatic carbocycles. The van der Waals surface area contributed by atoms with Crippen molar-refractivity contribution in [1.29, 1.82) is 0 Å². The van der Waals surface area contributed by atoms with E-state index in [1.807, 2.05) is 12.2 Å². The van der Waals surface area contributed by atoms with Crippen LogP contribution in [0.4, 0.5) is 0 Å². The van der Waals surface area contributed by atoms with Crippen LogP contribution >= 0.6 is 0 Å². The summed E-state index contributed by atoms with van der Waals surface area (Å²) in [5.74, 6) is 2.28. The van der Waals surface area contributed by atoms with Gasteiger partial charge in [0.15, 0.2) is 6.79 Å². The first-order valence-corrected chi connectivity index (χ1v) is 8.83. The van der Waals surface area contributed by atoms with Gasteiger partial charge in [0.2, 0.25) is 0 Å². The minimum Gasteiger partial charge on any atom is -0.438 e. The van der Waals surface area contributed by atoms with E-state index < -0.39 is 0 Å². The highest BCUT2D eigenvalue weighted by molar-refractivity contribution is 5.74. The molecular formula is C18H24O4. The molecule has 4 nitrogen and oxygen atoms in total. The average Bonchev–Trinajstić information content (AvgIpc) is 3.08. The van der Waals surface area contributed by atoms with Crippen molar-refractivity contribution in [3.8, 4) is 0 Å². The third-order valence-corrected chi connectivity index (χ3v) is 6.58. The lowest BCUT2D eigenvalue weighted by molar-refractivity contribution is -0.212. The highest BCUT2D eigenvalue weighted by Crippen LogP contribution is 2.57. The maximum Gasteiger partial charge on any atom is 0.314 e. The van der Waals surface area contributed by atoms with Crippen molar-refractivity contribution < 1.29 is 19.0 Å². The normalized spacial score (nSPS) is 50.7. The number of ether oxygens (including phenoxy) is 3. The molecule has 0 spiro atoms. The molecule has 3 atom stereocenters. The lowest BCUT2D eigenvalue weighted by atomic mass is 9.54. The second kappa shape index (κ2) is 4.81.